The van der Waals surface area contributed by atoms with Gasteiger partial charge in [0.25, 0.3) is 0 Å². The van der Waals surface area contributed by atoms with Crippen LogP contribution in [-0.4, -0.2) is 7.11 Å². The molecule has 2 nitrogen and oxygen atoms in total. The van der Waals surface area contributed by atoms with Crippen molar-refractivity contribution in [2.75, 3.05) is 7.11 Å². The van der Waals surface area contributed by atoms with Crippen LogP contribution in [0.3, 0.4) is 0 Å². The molecule has 17 heavy (non-hydrogen) atoms. The van der Waals surface area contributed by atoms with E-state index in [-0.39, 0.29) is 11.9 Å². The Morgan fingerprint density at radius 1 is 1.35 bits per heavy atom. The second-order valence-electron chi connectivity index (χ2n) is 3.88. The minimum atomic E-state index is -0.306. The highest BCUT2D eigenvalue weighted by atomic mass is 32.1. The minimum Gasteiger partial charge on any atom is -0.496 e. The van der Waals surface area contributed by atoms with E-state index < -0.39 is 0 Å². The number of aryl methyl sites for hydroxylation is 1. The third kappa shape index (κ3) is 2.48. The molecule has 0 aliphatic rings. The summed E-state index contributed by atoms with van der Waals surface area (Å²) in [5.41, 5.74) is 7.50. The summed E-state index contributed by atoms with van der Waals surface area (Å²) >= 11 is 1.51. The molecule has 0 radical (unpaired) electrons. The number of methoxy groups -OCH3 is 1. The van der Waals surface area contributed by atoms with Gasteiger partial charge in [-0.3, -0.25) is 0 Å². The summed E-state index contributed by atoms with van der Waals surface area (Å²) in [7, 11) is 1.61. The van der Waals surface area contributed by atoms with Gasteiger partial charge in [-0.15, -0.1) is 11.3 Å². The first-order valence-electron chi connectivity index (χ1n) is 5.26. The van der Waals surface area contributed by atoms with E-state index in [1.807, 2.05) is 17.5 Å². The summed E-state index contributed by atoms with van der Waals surface area (Å²) in [5.74, 6) is 0.564. The van der Waals surface area contributed by atoms with Crippen molar-refractivity contribution in [2.45, 2.75) is 13.0 Å². The van der Waals surface area contributed by atoms with E-state index in [0.717, 1.165) is 16.2 Å². The molecule has 1 aromatic carbocycles. The van der Waals surface area contributed by atoms with Crippen molar-refractivity contribution in [3.8, 4) is 5.75 Å². The maximum Gasteiger partial charge on any atom is 0.129 e. The predicted octanol–water partition coefficient (Wildman–Crippen LogP) is 3.25. The highest BCUT2D eigenvalue weighted by Crippen LogP contribution is 2.29. The van der Waals surface area contributed by atoms with Gasteiger partial charge in [0.2, 0.25) is 0 Å². The fourth-order valence-electron chi connectivity index (χ4n) is 1.57. The third-order valence-corrected chi connectivity index (χ3v) is 3.69. The summed E-state index contributed by atoms with van der Waals surface area (Å²) in [6, 6.07) is 6.67. The van der Waals surface area contributed by atoms with Crippen LogP contribution in [0.5, 0.6) is 5.75 Å². The Balaban J connectivity index is 2.29. The largest absolute Gasteiger partial charge is 0.496 e. The number of ether oxygens (including phenoxy) is 1. The van der Waals surface area contributed by atoms with Gasteiger partial charge in [-0.25, -0.2) is 4.39 Å². The normalized spacial score (nSPS) is 12.5. The fraction of sp³-hybridized carbons (Fsp3) is 0.231. The Bertz CT molecular complexity index is 524. The van der Waals surface area contributed by atoms with Gasteiger partial charge in [-0.1, -0.05) is 12.1 Å². The number of hydrogen-bond acceptors (Lipinski definition) is 3. The number of hydrogen-bond donors (Lipinski definition) is 1. The van der Waals surface area contributed by atoms with Crippen molar-refractivity contribution in [3.63, 3.8) is 0 Å². The van der Waals surface area contributed by atoms with Gasteiger partial charge >= 0.3 is 0 Å². The van der Waals surface area contributed by atoms with E-state index >= 15 is 0 Å². The Labute approximate surface area is 104 Å². The summed E-state index contributed by atoms with van der Waals surface area (Å²) in [4.78, 5) is 0.963. The van der Waals surface area contributed by atoms with Crippen LogP contribution in [0.1, 0.15) is 22.0 Å². The first kappa shape index (κ1) is 12.1. The quantitative estimate of drug-likeness (QED) is 0.908. The van der Waals surface area contributed by atoms with Crippen LogP contribution in [0.15, 0.2) is 29.6 Å². The molecule has 4 heteroatoms. The monoisotopic (exact) mass is 251 g/mol. The Morgan fingerprint density at radius 2 is 2.12 bits per heavy atom. The van der Waals surface area contributed by atoms with Crippen LogP contribution in [0.2, 0.25) is 0 Å². The summed E-state index contributed by atoms with van der Waals surface area (Å²) in [5, 5.41) is 1.89. The number of rotatable bonds is 3. The average molecular weight is 251 g/mol. The van der Waals surface area contributed by atoms with Crippen LogP contribution in [0.4, 0.5) is 4.39 Å². The summed E-state index contributed by atoms with van der Waals surface area (Å²) in [6.07, 6.45) is 0. The maximum atomic E-state index is 13.4. The lowest BCUT2D eigenvalue weighted by Crippen LogP contribution is -2.10. The number of nitrogens with two attached hydrogens (primary N) is 1. The third-order valence-electron chi connectivity index (χ3n) is 2.69. The van der Waals surface area contributed by atoms with E-state index in [0.29, 0.717) is 5.56 Å². The van der Waals surface area contributed by atoms with Crippen molar-refractivity contribution in [2.24, 2.45) is 5.73 Å². The lowest BCUT2D eigenvalue weighted by molar-refractivity contribution is 0.416. The SMILES string of the molecule is COc1csc(C(N)c2ccc(C)c(F)c2)c1. The first-order chi connectivity index (χ1) is 8.11. The highest BCUT2D eigenvalue weighted by Gasteiger charge is 2.13. The van der Waals surface area contributed by atoms with E-state index in [2.05, 4.69) is 0 Å². The van der Waals surface area contributed by atoms with E-state index in [1.165, 1.54) is 17.4 Å². The molecule has 0 amide bonds. The molecular formula is C13H14FNOS. The molecule has 1 unspecified atom stereocenters. The summed E-state index contributed by atoms with van der Waals surface area (Å²) < 4.78 is 18.6. The van der Waals surface area contributed by atoms with Crippen molar-refractivity contribution >= 4 is 11.3 Å². The van der Waals surface area contributed by atoms with E-state index in [1.54, 1.807) is 20.1 Å². The van der Waals surface area contributed by atoms with Gasteiger partial charge in [0.1, 0.15) is 11.6 Å². The number of benzene rings is 1. The van der Waals surface area contributed by atoms with Crippen molar-refractivity contribution < 1.29 is 9.13 Å². The van der Waals surface area contributed by atoms with Crippen LogP contribution >= 0.6 is 11.3 Å². The predicted molar refractivity (Wildman–Crippen MR) is 68.0 cm³/mol. The van der Waals surface area contributed by atoms with Gasteiger partial charge in [-0.05, 0) is 30.2 Å². The second-order valence-corrected chi connectivity index (χ2v) is 4.82. The lowest BCUT2D eigenvalue weighted by atomic mass is 10.0. The van der Waals surface area contributed by atoms with Crippen LogP contribution in [-0.2, 0) is 0 Å². The molecule has 2 aromatic rings. The van der Waals surface area contributed by atoms with Gasteiger partial charge in [0.15, 0.2) is 0 Å². The van der Waals surface area contributed by atoms with Gasteiger partial charge in [-0.2, -0.15) is 0 Å². The molecule has 1 heterocycles. The molecule has 1 aromatic heterocycles. The van der Waals surface area contributed by atoms with Gasteiger partial charge in [0, 0.05) is 10.3 Å². The topological polar surface area (TPSA) is 35.2 Å². The molecule has 0 aliphatic carbocycles. The molecule has 0 bridgehead atoms. The molecule has 0 saturated carbocycles. The molecule has 90 valence electrons. The molecule has 0 fully saturated rings. The number of halogens is 1. The lowest BCUT2D eigenvalue weighted by Gasteiger charge is -2.10. The van der Waals surface area contributed by atoms with Crippen LogP contribution < -0.4 is 10.5 Å². The van der Waals surface area contributed by atoms with Crippen LogP contribution in [0.25, 0.3) is 0 Å². The van der Waals surface area contributed by atoms with Gasteiger partial charge in [0.05, 0.1) is 13.2 Å². The van der Waals surface area contributed by atoms with Gasteiger partial charge < -0.3 is 10.5 Å². The maximum absolute atomic E-state index is 13.4. The van der Waals surface area contributed by atoms with Crippen molar-refractivity contribution in [1.82, 2.24) is 0 Å². The van der Waals surface area contributed by atoms with E-state index in [4.69, 9.17) is 10.5 Å². The molecule has 1 atom stereocenters. The van der Waals surface area contributed by atoms with Crippen molar-refractivity contribution in [3.05, 3.63) is 51.5 Å². The molecular weight excluding hydrogens is 237 g/mol. The first-order valence-corrected chi connectivity index (χ1v) is 6.14. The molecule has 2 N–H and O–H groups in total. The zero-order valence-corrected chi connectivity index (χ0v) is 10.6. The molecule has 0 aliphatic heterocycles. The number of thiophene rings is 1. The fourth-order valence-corrected chi connectivity index (χ4v) is 2.45. The molecule has 2 rings (SSSR count). The standard InChI is InChI=1S/C13H14FNOS/c1-8-3-4-9(5-11(8)14)13(15)12-6-10(16-2)7-17-12/h3-7,13H,15H2,1-2H3. The van der Waals surface area contributed by atoms with Crippen molar-refractivity contribution in [1.29, 1.82) is 0 Å². The smallest absolute Gasteiger partial charge is 0.129 e. The average Bonchev–Trinajstić information content (AvgIpc) is 2.80. The second kappa shape index (κ2) is 4.85. The molecule has 0 saturated heterocycles. The Hall–Kier alpha value is -1.39. The zero-order valence-electron chi connectivity index (χ0n) is 9.74. The zero-order chi connectivity index (χ0) is 12.4. The highest BCUT2D eigenvalue weighted by molar-refractivity contribution is 7.10. The Morgan fingerprint density at radius 3 is 2.71 bits per heavy atom. The van der Waals surface area contributed by atoms with Crippen LogP contribution in [0, 0.1) is 12.7 Å². The molecule has 0 spiro atoms. The summed E-state index contributed by atoms with van der Waals surface area (Å²) in [6.45, 7) is 1.73. The minimum absolute atomic E-state index is 0.221. The van der Waals surface area contributed by atoms with E-state index in [9.17, 15) is 4.39 Å². The Kier molecular flexibility index (Phi) is 3.45.